The average Bonchev–Trinajstić information content (AvgIpc) is 2.57. The van der Waals surface area contributed by atoms with Gasteiger partial charge in [-0.1, -0.05) is 25.5 Å². The van der Waals surface area contributed by atoms with Crippen molar-refractivity contribution in [2.75, 3.05) is 13.1 Å². The summed E-state index contributed by atoms with van der Waals surface area (Å²) in [5, 5.41) is 0. The van der Waals surface area contributed by atoms with Crippen LogP contribution in [0.15, 0.2) is 11.6 Å². The molecule has 0 saturated carbocycles. The molecule has 0 fully saturated rings. The number of allylic oxidation sites excluding steroid dienone is 1. The van der Waals surface area contributed by atoms with Crippen molar-refractivity contribution >= 4 is 11.9 Å². The molecule has 0 aromatic carbocycles. The Balaban J connectivity index is 2.43. The molecule has 106 valence electrons. The molecule has 1 atom stereocenters. The summed E-state index contributed by atoms with van der Waals surface area (Å²) >= 11 is 0. The molecule has 0 N–H and O–H groups in total. The highest BCUT2D eigenvalue weighted by Gasteiger charge is 2.51. The zero-order valence-electron chi connectivity index (χ0n) is 13.2. The van der Waals surface area contributed by atoms with Gasteiger partial charge in [0.25, 0.3) is 0 Å². The van der Waals surface area contributed by atoms with Crippen molar-refractivity contribution < 1.29 is 9.15 Å². The molecule has 0 aliphatic carbocycles. The van der Waals surface area contributed by atoms with Crippen LogP contribution in [-0.2, 0) is 0 Å². The van der Waals surface area contributed by atoms with Crippen LogP contribution in [0.3, 0.4) is 0 Å². The maximum atomic E-state index is 2.69. The van der Waals surface area contributed by atoms with Crippen LogP contribution in [0.2, 0.25) is 0 Å². The quantitative estimate of drug-likeness (QED) is 0.539. The molecule has 0 bridgehead atoms. The second kappa shape index (κ2) is 6.02. The minimum atomic E-state index is 0.176. The molecule has 0 aromatic rings. The number of hydrogen-bond acceptors (Lipinski definition) is 0. The fourth-order valence-corrected chi connectivity index (χ4v) is 3.84. The topological polar surface area (TPSA) is 6.02 Å². The predicted molar refractivity (Wildman–Crippen MR) is 82.5 cm³/mol. The monoisotopic (exact) mass is 262 g/mol. The van der Waals surface area contributed by atoms with Crippen LogP contribution in [0.5, 0.6) is 0 Å². The first-order valence-corrected chi connectivity index (χ1v) is 8.06. The molecule has 0 saturated heterocycles. The largest absolute Gasteiger partial charge is 0.351 e. The Hall–Kier alpha value is -0.920. The molecule has 0 spiro atoms. The van der Waals surface area contributed by atoms with Gasteiger partial charge in [0.05, 0.1) is 19.8 Å². The van der Waals surface area contributed by atoms with E-state index in [1.165, 1.54) is 38.6 Å². The fraction of sp³-hybridized carbons (Fsp3) is 0.765. The third-order valence-electron chi connectivity index (χ3n) is 4.83. The number of nitrogens with zero attached hydrogens (tertiary/aromatic N) is 2. The first kappa shape index (κ1) is 14.5. The highest BCUT2D eigenvalue weighted by molar-refractivity contribution is 5.80. The van der Waals surface area contributed by atoms with Gasteiger partial charge in [0, 0.05) is 12.8 Å². The van der Waals surface area contributed by atoms with Crippen molar-refractivity contribution in [2.24, 2.45) is 0 Å². The molecule has 1 unspecified atom stereocenters. The van der Waals surface area contributed by atoms with Crippen LogP contribution in [0.4, 0.5) is 0 Å². The Bertz CT molecular complexity index is 429. The summed E-state index contributed by atoms with van der Waals surface area (Å²) < 4.78 is 5.29. The summed E-state index contributed by atoms with van der Waals surface area (Å²) in [6, 6.07) is 0. The molecule has 2 heterocycles. The van der Waals surface area contributed by atoms with Crippen LogP contribution in [-0.4, -0.2) is 39.8 Å². The molecular weight excluding hydrogens is 232 g/mol. The van der Waals surface area contributed by atoms with Gasteiger partial charge in [0.15, 0.2) is 12.3 Å². The summed E-state index contributed by atoms with van der Waals surface area (Å²) in [4.78, 5) is 0. The lowest BCUT2D eigenvalue weighted by Gasteiger charge is -2.30. The molecule has 2 heteroatoms. The Morgan fingerprint density at radius 1 is 1.26 bits per heavy atom. The zero-order chi connectivity index (χ0) is 13.9. The van der Waals surface area contributed by atoms with Crippen LogP contribution in [0.1, 0.15) is 66.2 Å². The normalized spacial score (nSPS) is 27.6. The van der Waals surface area contributed by atoms with E-state index < -0.39 is 0 Å². The van der Waals surface area contributed by atoms with Gasteiger partial charge < -0.3 is 0 Å². The van der Waals surface area contributed by atoms with Gasteiger partial charge in [-0.05, 0) is 19.8 Å². The summed E-state index contributed by atoms with van der Waals surface area (Å²) in [5.41, 5.74) is 3.47. The standard InChI is InChI=1S/C17H30N2/c1-5-9-16-11-13-18-12-8-10-15(6-2)14-17(18,4)19(16)7-3/h10,12H,5-9,11,13-14H2,1-4H3/q+2. The van der Waals surface area contributed by atoms with Crippen molar-refractivity contribution in [2.45, 2.75) is 71.9 Å². The summed E-state index contributed by atoms with van der Waals surface area (Å²) in [5.74, 6) is 0. The summed E-state index contributed by atoms with van der Waals surface area (Å²) in [7, 11) is 0. The second-order valence-electron chi connectivity index (χ2n) is 6.03. The van der Waals surface area contributed by atoms with Crippen molar-refractivity contribution in [3.8, 4) is 0 Å². The van der Waals surface area contributed by atoms with E-state index >= 15 is 0 Å². The molecular formula is C17H30N2+2. The third kappa shape index (κ3) is 2.68. The van der Waals surface area contributed by atoms with Crippen molar-refractivity contribution in [3.63, 3.8) is 0 Å². The predicted octanol–water partition coefficient (Wildman–Crippen LogP) is 3.59. The highest BCUT2D eigenvalue weighted by atomic mass is 15.3. The lowest BCUT2D eigenvalue weighted by Crippen LogP contribution is -2.56. The van der Waals surface area contributed by atoms with E-state index in [0.29, 0.717) is 0 Å². The Labute approximate surface area is 118 Å². The van der Waals surface area contributed by atoms with Crippen LogP contribution in [0.25, 0.3) is 0 Å². The summed E-state index contributed by atoms with van der Waals surface area (Å²) in [6.07, 6.45) is 12.1. The van der Waals surface area contributed by atoms with E-state index in [9.17, 15) is 0 Å². The first-order valence-electron chi connectivity index (χ1n) is 8.06. The SMILES string of the molecule is CCCC1=[N+](CC)C2(C)CC(CC)=CCC=[N+]2CC1. The van der Waals surface area contributed by atoms with Crippen molar-refractivity contribution in [3.05, 3.63) is 11.6 Å². The van der Waals surface area contributed by atoms with E-state index in [0.717, 1.165) is 13.0 Å². The fourth-order valence-electron chi connectivity index (χ4n) is 3.84. The molecule has 0 aromatic heterocycles. The van der Waals surface area contributed by atoms with Crippen LogP contribution >= 0.6 is 0 Å². The van der Waals surface area contributed by atoms with E-state index in [1.54, 1.807) is 11.3 Å². The molecule has 0 radical (unpaired) electrons. The molecule has 2 nitrogen and oxygen atoms in total. The van der Waals surface area contributed by atoms with Gasteiger partial charge in [0.1, 0.15) is 12.8 Å². The van der Waals surface area contributed by atoms with Gasteiger partial charge in [-0.15, -0.1) is 0 Å². The van der Waals surface area contributed by atoms with E-state index in [1.807, 2.05) is 0 Å². The molecule has 0 amide bonds. The molecule has 19 heavy (non-hydrogen) atoms. The van der Waals surface area contributed by atoms with Crippen LogP contribution in [0, 0.1) is 0 Å². The van der Waals surface area contributed by atoms with Crippen molar-refractivity contribution in [1.82, 2.24) is 0 Å². The molecule has 2 rings (SSSR count). The highest BCUT2D eigenvalue weighted by Crippen LogP contribution is 2.29. The molecule has 2 aliphatic heterocycles. The van der Waals surface area contributed by atoms with Gasteiger partial charge in [0.2, 0.25) is 0 Å². The first-order chi connectivity index (χ1) is 9.15. The van der Waals surface area contributed by atoms with E-state index in [-0.39, 0.29) is 5.66 Å². The minimum absolute atomic E-state index is 0.176. The van der Waals surface area contributed by atoms with Crippen molar-refractivity contribution in [1.29, 1.82) is 0 Å². The summed E-state index contributed by atoms with van der Waals surface area (Å²) in [6.45, 7) is 11.7. The Kier molecular flexibility index (Phi) is 4.59. The van der Waals surface area contributed by atoms with Gasteiger partial charge in [-0.2, -0.15) is 9.15 Å². The number of rotatable bonds is 4. The van der Waals surface area contributed by atoms with E-state index in [2.05, 4.69) is 49.1 Å². The maximum absolute atomic E-state index is 2.69. The zero-order valence-corrected chi connectivity index (χ0v) is 13.2. The smallest absolute Gasteiger partial charge is 0.177 e. The maximum Gasteiger partial charge on any atom is 0.351 e. The lowest BCUT2D eigenvalue weighted by atomic mass is 9.94. The average molecular weight is 262 g/mol. The number of hydrogen-bond donors (Lipinski definition) is 0. The van der Waals surface area contributed by atoms with Gasteiger partial charge >= 0.3 is 5.66 Å². The third-order valence-corrected chi connectivity index (χ3v) is 4.83. The van der Waals surface area contributed by atoms with Crippen LogP contribution < -0.4 is 0 Å². The van der Waals surface area contributed by atoms with Gasteiger partial charge in [-0.25, -0.2) is 0 Å². The minimum Gasteiger partial charge on any atom is -0.177 e. The van der Waals surface area contributed by atoms with Gasteiger partial charge in [-0.3, -0.25) is 0 Å². The Morgan fingerprint density at radius 3 is 2.68 bits per heavy atom. The molecule has 2 aliphatic rings. The number of fused-ring (bicyclic) bond motifs is 1. The Morgan fingerprint density at radius 2 is 2.05 bits per heavy atom. The van der Waals surface area contributed by atoms with E-state index in [4.69, 9.17) is 0 Å². The second-order valence-corrected chi connectivity index (χ2v) is 6.03. The lowest BCUT2D eigenvalue weighted by molar-refractivity contribution is -0.830.